The third-order valence-corrected chi connectivity index (χ3v) is 3.93. The molecule has 2 rings (SSSR count). The number of hydrogen-bond donors (Lipinski definition) is 2. The molecule has 19 heavy (non-hydrogen) atoms. The number of rotatable bonds is 4. The number of halogens is 1. The quantitative estimate of drug-likeness (QED) is 0.849. The molecule has 1 aromatic carbocycles. The van der Waals surface area contributed by atoms with Gasteiger partial charge in [-0.05, 0) is 30.3 Å². The summed E-state index contributed by atoms with van der Waals surface area (Å²) in [7, 11) is 1.87. The maximum Gasteiger partial charge on any atom is 0.335 e. The molecule has 0 aliphatic rings. The van der Waals surface area contributed by atoms with Gasteiger partial charge >= 0.3 is 5.97 Å². The number of nitrogens with two attached hydrogens (primary N) is 1. The van der Waals surface area contributed by atoms with Gasteiger partial charge in [-0.15, -0.1) is 11.3 Å². The molecule has 2 aromatic rings. The van der Waals surface area contributed by atoms with Crippen LogP contribution in [0.25, 0.3) is 0 Å². The van der Waals surface area contributed by atoms with E-state index in [0.29, 0.717) is 17.9 Å². The monoisotopic (exact) mass is 296 g/mol. The van der Waals surface area contributed by atoms with Crippen molar-refractivity contribution in [1.29, 1.82) is 0 Å². The Hall–Kier alpha value is -1.72. The van der Waals surface area contributed by atoms with Gasteiger partial charge in [0, 0.05) is 11.9 Å². The Kier molecular flexibility index (Phi) is 3.97. The minimum absolute atomic E-state index is 0.222. The maximum absolute atomic E-state index is 11.0. The van der Waals surface area contributed by atoms with Crippen LogP contribution < -0.4 is 10.6 Å². The molecule has 1 aromatic heterocycles. The average Bonchev–Trinajstić information content (AvgIpc) is 2.74. The van der Waals surface area contributed by atoms with Crippen LogP contribution in [-0.2, 0) is 6.54 Å². The van der Waals surface area contributed by atoms with Gasteiger partial charge in [0.05, 0.1) is 27.8 Å². The average molecular weight is 297 g/mol. The first kappa shape index (κ1) is 13.7. The van der Waals surface area contributed by atoms with Gasteiger partial charge in [0.1, 0.15) is 0 Å². The molecule has 100 valence electrons. The molecule has 0 spiro atoms. The van der Waals surface area contributed by atoms with Crippen LogP contribution in [0.15, 0.2) is 30.3 Å². The lowest BCUT2D eigenvalue weighted by Crippen LogP contribution is -2.17. The van der Waals surface area contributed by atoms with Crippen LogP contribution >= 0.6 is 22.9 Å². The number of thiophene rings is 1. The first-order chi connectivity index (χ1) is 8.97. The number of nitrogens with zero attached hydrogens (tertiary/aromatic N) is 1. The fourth-order valence-corrected chi connectivity index (χ4v) is 2.90. The molecule has 0 fully saturated rings. The lowest BCUT2D eigenvalue weighted by atomic mass is 10.1. The summed E-state index contributed by atoms with van der Waals surface area (Å²) in [4.78, 5) is 14.0. The molecule has 0 saturated heterocycles. The van der Waals surface area contributed by atoms with E-state index in [2.05, 4.69) is 0 Å². The molecule has 0 saturated carbocycles. The van der Waals surface area contributed by atoms with Crippen molar-refractivity contribution in [2.45, 2.75) is 6.54 Å². The van der Waals surface area contributed by atoms with E-state index >= 15 is 0 Å². The number of carboxylic acid groups (broad SMARTS) is 1. The van der Waals surface area contributed by atoms with Gasteiger partial charge in [-0.2, -0.15) is 0 Å². The molecule has 0 radical (unpaired) electrons. The summed E-state index contributed by atoms with van der Waals surface area (Å²) in [5, 5.41) is 9.00. The second-order valence-corrected chi connectivity index (χ2v) is 5.94. The molecular weight excluding hydrogens is 284 g/mol. The standard InChI is InChI=1S/C13H13ClN2O2S/c1-16(7-9-3-5-12(14)19-9)11-6-8(13(17)18)2-4-10(11)15/h2-6H,7,15H2,1H3,(H,17,18). The summed E-state index contributed by atoms with van der Waals surface area (Å²) in [6.07, 6.45) is 0. The third kappa shape index (κ3) is 3.19. The topological polar surface area (TPSA) is 66.6 Å². The van der Waals surface area contributed by atoms with E-state index < -0.39 is 5.97 Å². The molecule has 4 nitrogen and oxygen atoms in total. The smallest absolute Gasteiger partial charge is 0.335 e. The van der Waals surface area contributed by atoms with Gasteiger partial charge in [-0.1, -0.05) is 11.6 Å². The highest BCUT2D eigenvalue weighted by atomic mass is 35.5. The number of carbonyl (C=O) groups is 1. The van der Waals surface area contributed by atoms with E-state index in [1.54, 1.807) is 12.1 Å². The number of aromatic carboxylic acids is 1. The van der Waals surface area contributed by atoms with E-state index in [9.17, 15) is 4.79 Å². The number of anilines is 2. The van der Waals surface area contributed by atoms with Crippen LogP contribution in [-0.4, -0.2) is 18.1 Å². The molecule has 0 amide bonds. The minimum Gasteiger partial charge on any atom is -0.478 e. The predicted molar refractivity (Wildman–Crippen MR) is 79.2 cm³/mol. The van der Waals surface area contributed by atoms with Crippen LogP contribution in [0, 0.1) is 0 Å². The van der Waals surface area contributed by atoms with Crippen LogP contribution in [0.1, 0.15) is 15.2 Å². The molecule has 0 bridgehead atoms. The Morgan fingerprint density at radius 1 is 1.42 bits per heavy atom. The summed E-state index contributed by atoms with van der Waals surface area (Å²) < 4.78 is 0.732. The van der Waals surface area contributed by atoms with Gasteiger partial charge < -0.3 is 15.7 Å². The Bertz CT molecular complexity index is 612. The van der Waals surface area contributed by atoms with E-state index in [4.69, 9.17) is 22.4 Å². The number of hydrogen-bond acceptors (Lipinski definition) is 4. The summed E-state index contributed by atoms with van der Waals surface area (Å²) in [5.74, 6) is -0.964. The van der Waals surface area contributed by atoms with Crippen molar-refractivity contribution in [1.82, 2.24) is 0 Å². The van der Waals surface area contributed by atoms with E-state index in [-0.39, 0.29) is 5.56 Å². The van der Waals surface area contributed by atoms with Crippen LogP contribution in [0.2, 0.25) is 4.34 Å². The Morgan fingerprint density at radius 3 is 2.74 bits per heavy atom. The van der Waals surface area contributed by atoms with Gasteiger partial charge in [0.2, 0.25) is 0 Å². The van der Waals surface area contributed by atoms with Gasteiger partial charge in [0.15, 0.2) is 0 Å². The number of carboxylic acids is 1. The number of nitrogen functional groups attached to an aromatic ring is 1. The molecule has 0 aliphatic heterocycles. The van der Waals surface area contributed by atoms with Gasteiger partial charge in [-0.3, -0.25) is 0 Å². The van der Waals surface area contributed by atoms with E-state index in [1.165, 1.54) is 17.4 Å². The van der Waals surface area contributed by atoms with Crippen molar-refractivity contribution in [3.8, 4) is 0 Å². The Balaban J connectivity index is 2.25. The zero-order valence-electron chi connectivity index (χ0n) is 10.3. The Labute approximate surface area is 120 Å². The van der Waals surface area contributed by atoms with Crippen LogP contribution in [0.3, 0.4) is 0 Å². The second-order valence-electron chi connectivity index (χ2n) is 4.14. The fourth-order valence-electron chi connectivity index (χ4n) is 1.76. The molecule has 0 atom stereocenters. The van der Waals surface area contributed by atoms with Gasteiger partial charge in [0.25, 0.3) is 0 Å². The third-order valence-electron chi connectivity index (χ3n) is 2.71. The van der Waals surface area contributed by atoms with Gasteiger partial charge in [-0.25, -0.2) is 4.79 Å². The molecule has 1 heterocycles. The molecular formula is C13H13ClN2O2S. The zero-order chi connectivity index (χ0) is 14.0. The summed E-state index contributed by atoms with van der Waals surface area (Å²) in [6.45, 7) is 0.630. The highest BCUT2D eigenvalue weighted by Crippen LogP contribution is 2.28. The number of benzene rings is 1. The van der Waals surface area contributed by atoms with Crippen molar-refractivity contribution in [2.75, 3.05) is 17.7 Å². The summed E-state index contributed by atoms with van der Waals surface area (Å²) >= 11 is 7.38. The summed E-state index contributed by atoms with van der Waals surface area (Å²) in [5.41, 5.74) is 7.36. The molecule has 0 aliphatic carbocycles. The lowest BCUT2D eigenvalue weighted by molar-refractivity contribution is 0.0697. The molecule has 3 N–H and O–H groups in total. The van der Waals surface area contributed by atoms with Crippen LogP contribution in [0.4, 0.5) is 11.4 Å². The zero-order valence-corrected chi connectivity index (χ0v) is 11.8. The highest BCUT2D eigenvalue weighted by molar-refractivity contribution is 7.16. The Morgan fingerprint density at radius 2 is 2.16 bits per heavy atom. The first-order valence-electron chi connectivity index (χ1n) is 5.55. The highest BCUT2D eigenvalue weighted by Gasteiger charge is 2.11. The van der Waals surface area contributed by atoms with Crippen LogP contribution in [0.5, 0.6) is 0 Å². The first-order valence-corrected chi connectivity index (χ1v) is 6.75. The van der Waals surface area contributed by atoms with Crippen molar-refractivity contribution in [3.05, 3.63) is 45.1 Å². The maximum atomic E-state index is 11.0. The van der Waals surface area contributed by atoms with Crippen molar-refractivity contribution >= 4 is 40.3 Å². The summed E-state index contributed by atoms with van der Waals surface area (Å²) in [6, 6.07) is 8.47. The normalized spacial score (nSPS) is 10.4. The van der Waals surface area contributed by atoms with E-state index in [0.717, 1.165) is 9.21 Å². The second kappa shape index (κ2) is 5.50. The molecule has 0 unspecified atom stereocenters. The van der Waals surface area contributed by atoms with Crippen molar-refractivity contribution in [2.24, 2.45) is 0 Å². The predicted octanol–water partition coefficient (Wildman–Crippen LogP) is 3.32. The fraction of sp³-hybridized carbons (Fsp3) is 0.154. The minimum atomic E-state index is -0.964. The molecule has 6 heteroatoms. The van der Waals surface area contributed by atoms with E-state index in [1.807, 2.05) is 24.1 Å². The lowest BCUT2D eigenvalue weighted by Gasteiger charge is -2.20. The van der Waals surface area contributed by atoms with Crippen molar-refractivity contribution < 1.29 is 9.90 Å². The SMILES string of the molecule is CN(Cc1ccc(Cl)s1)c1cc(C(=O)O)ccc1N. The van der Waals surface area contributed by atoms with Crippen molar-refractivity contribution in [3.63, 3.8) is 0 Å². The largest absolute Gasteiger partial charge is 0.478 e.